The predicted octanol–water partition coefficient (Wildman–Crippen LogP) is 1.25. The lowest BCUT2D eigenvalue weighted by Crippen LogP contribution is -2.47. The van der Waals surface area contributed by atoms with Gasteiger partial charge in [-0.3, -0.25) is 14.6 Å². The van der Waals surface area contributed by atoms with Gasteiger partial charge in [-0.2, -0.15) is 4.73 Å². The van der Waals surface area contributed by atoms with Crippen LogP contribution in [0.4, 0.5) is 0 Å². The largest absolute Gasteiger partial charge is 0.619 e. The van der Waals surface area contributed by atoms with Crippen LogP contribution in [0.1, 0.15) is 34.5 Å². The Morgan fingerprint density at radius 3 is 2.90 bits per heavy atom. The van der Waals surface area contributed by atoms with E-state index >= 15 is 0 Å². The van der Waals surface area contributed by atoms with E-state index in [0.29, 0.717) is 55.3 Å². The number of piperidine rings is 1. The van der Waals surface area contributed by atoms with Crippen LogP contribution in [-0.2, 0) is 16.0 Å². The van der Waals surface area contributed by atoms with Gasteiger partial charge in [-0.1, -0.05) is 6.07 Å². The highest BCUT2D eigenvalue weighted by atomic mass is 16.5. The van der Waals surface area contributed by atoms with E-state index in [0.717, 1.165) is 17.7 Å². The molecule has 0 saturated carbocycles. The molecule has 2 saturated heterocycles. The van der Waals surface area contributed by atoms with Crippen molar-refractivity contribution in [1.82, 2.24) is 15.2 Å². The quantitative estimate of drug-likeness (QED) is 0.556. The van der Waals surface area contributed by atoms with Crippen LogP contribution in [0.25, 0.3) is 0 Å². The number of rotatable bonds is 6. The molecule has 2 aromatic heterocycles. The van der Waals surface area contributed by atoms with Crippen molar-refractivity contribution in [3.63, 3.8) is 0 Å². The molecule has 4 rings (SSSR count). The van der Waals surface area contributed by atoms with Crippen molar-refractivity contribution < 1.29 is 19.1 Å². The maximum absolute atomic E-state index is 12.8. The van der Waals surface area contributed by atoms with E-state index in [-0.39, 0.29) is 23.8 Å². The molecule has 3 atom stereocenters. The van der Waals surface area contributed by atoms with E-state index in [9.17, 15) is 14.8 Å². The van der Waals surface area contributed by atoms with Crippen LogP contribution in [0.2, 0.25) is 0 Å². The van der Waals surface area contributed by atoms with Gasteiger partial charge in [0.25, 0.3) is 5.91 Å². The van der Waals surface area contributed by atoms with Crippen molar-refractivity contribution in [2.45, 2.75) is 32.3 Å². The van der Waals surface area contributed by atoms with Crippen molar-refractivity contribution in [2.75, 3.05) is 26.2 Å². The van der Waals surface area contributed by atoms with Gasteiger partial charge < -0.3 is 20.2 Å². The van der Waals surface area contributed by atoms with Crippen molar-refractivity contribution in [2.24, 2.45) is 11.8 Å². The van der Waals surface area contributed by atoms with E-state index in [1.807, 2.05) is 24.0 Å². The Bertz CT molecular complexity index is 933. The summed E-state index contributed by atoms with van der Waals surface area (Å²) in [6.07, 6.45) is 6.29. The molecule has 2 aliphatic rings. The lowest BCUT2D eigenvalue weighted by atomic mass is 9.84. The summed E-state index contributed by atoms with van der Waals surface area (Å²) < 4.78 is 6.64. The summed E-state index contributed by atoms with van der Waals surface area (Å²) in [7, 11) is 0. The van der Waals surface area contributed by atoms with Crippen LogP contribution < -0.4 is 10.0 Å². The Morgan fingerprint density at radius 1 is 1.32 bits per heavy atom. The first-order valence-corrected chi connectivity index (χ1v) is 10.8. The van der Waals surface area contributed by atoms with Gasteiger partial charge in [-0.15, -0.1) is 0 Å². The van der Waals surface area contributed by atoms with Gasteiger partial charge in [0.2, 0.25) is 5.91 Å². The Hall–Kier alpha value is -3.00. The number of aromatic nitrogens is 2. The highest BCUT2D eigenvalue weighted by molar-refractivity contribution is 5.94. The molecule has 0 unspecified atom stereocenters. The maximum atomic E-state index is 12.8. The lowest BCUT2D eigenvalue weighted by Gasteiger charge is -2.36. The second kappa shape index (κ2) is 9.43. The molecule has 0 spiro atoms. The molecule has 8 nitrogen and oxygen atoms in total. The molecule has 8 heteroatoms. The summed E-state index contributed by atoms with van der Waals surface area (Å²) in [5.74, 6) is 0.533. The zero-order chi connectivity index (χ0) is 21.8. The second-order valence-electron chi connectivity index (χ2n) is 8.33. The number of aryl methyl sites for hydroxylation is 2. The Kier molecular flexibility index (Phi) is 6.46. The standard InChI is InChI=1S/C23H28N4O4/c1-16-17(3-2-9-24-16)4-5-22(28)25-13-21-20-14-26(10-6-19(20)15-31-21)23(29)18-7-11-27(30)12-8-18/h2-3,7-9,11-12,19-21H,4-6,10,13-15H2,1H3,(H,25,28)/t19-,20-,21-/m0/s1. The minimum absolute atomic E-state index is 0.00533. The van der Waals surface area contributed by atoms with E-state index < -0.39 is 0 Å². The number of nitrogens with zero attached hydrogens (tertiary/aromatic N) is 3. The fraction of sp³-hybridized carbons (Fsp3) is 0.478. The molecular weight excluding hydrogens is 396 g/mol. The normalized spacial score (nSPS) is 22.7. The van der Waals surface area contributed by atoms with Gasteiger partial charge in [0.15, 0.2) is 12.4 Å². The number of nitrogens with one attached hydrogen (secondary N) is 1. The summed E-state index contributed by atoms with van der Waals surface area (Å²) in [6.45, 7) is 4.35. The molecule has 0 aliphatic carbocycles. The van der Waals surface area contributed by atoms with Crippen LogP contribution in [0.3, 0.4) is 0 Å². The van der Waals surface area contributed by atoms with E-state index in [1.165, 1.54) is 12.4 Å². The highest BCUT2D eigenvalue weighted by Gasteiger charge is 2.42. The molecule has 1 N–H and O–H groups in total. The molecule has 0 aromatic carbocycles. The van der Waals surface area contributed by atoms with Crippen molar-refractivity contribution >= 4 is 11.8 Å². The van der Waals surface area contributed by atoms with Gasteiger partial charge >= 0.3 is 0 Å². The number of hydrogen-bond donors (Lipinski definition) is 1. The zero-order valence-corrected chi connectivity index (χ0v) is 17.7. The maximum Gasteiger partial charge on any atom is 0.254 e. The minimum Gasteiger partial charge on any atom is -0.619 e. The number of carbonyl (C=O) groups is 2. The van der Waals surface area contributed by atoms with Crippen LogP contribution in [0, 0.1) is 24.0 Å². The number of ether oxygens (including phenoxy) is 1. The van der Waals surface area contributed by atoms with E-state index in [2.05, 4.69) is 10.3 Å². The fourth-order valence-electron chi connectivity index (χ4n) is 4.49. The van der Waals surface area contributed by atoms with Crippen molar-refractivity contribution in [1.29, 1.82) is 0 Å². The number of pyridine rings is 2. The van der Waals surface area contributed by atoms with E-state index in [4.69, 9.17) is 4.74 Å². The summed E-state index contributed by atoms with van der Waals surface area (Å²) in [5, 5.41) is 14.2. The summed E-state index contributed by atoms with van der Waals surface area (Å²) >= 11 is 0. The van der Waals surface area contributed by atoms with Gasteiger partial charge in [-0.25, -0.2) is 0 Å². The van der Waals surface area contributed by atoms with Gasteiger partial charge in [0, 0.05) is 56.0 Å². The summed E-state index contributed by atoms with van der Waals surface area (Å²) in [6, 6.07) is 6.98. The third-order valence-corrected chi connectivity index (χ3v) is 6.38. The molecule has 4 heterocycles. The molecule has 2 fully saturated rings. The third kappa shape index (κ3) is 5.02. The van der Waals surface area contributed by atoms with E-state index in [1.54, 1.807) is 18.3 Å². The molecule has 2 amide bonds. The predicted molar refractivity (Wildman–Crippen MR) is 113 cm³/mol. The zero-order valence-electron chi connectivity index (χ0n) is 17.7. The van der Waals surface area contributed by atoms with Crippen LogP contribution in [0.15, 0.2) is 42.9 Å². The van der Waals surface area contributed by atoms with Crippen LogP contribution in [0.5, 0.6) is 0 Å². The number of hydrogen-bond acceptors (Lipinski definition) is 5. The van der Waals surface area contributed by atoms with Gasteiger partial charge in [-0.05, 0) is 37.3 Å². The Balaban J connectivity index is 1.29. The number of carbonyl (C=O) groups excluding carboxylic acids is 2. The average Bonchev–Trinajstić information content (AvgIpc) is 3.19. The second-order valence-corrected chi connectivity index (χ2v) is 8.33. The monoisotopic (exact) mass is 424 g/mol. The first-order valence-electron chi connectivity index (χ1n) is 10.8. The smallest absolute Gasteiger partial charge is 0.254 e. The fourth-order valence-corrected chi connectivity index (χ4v) is 4.49. The summed E-state index contributed by atoms with van der Waals surface area (Å²) in [5.41, 5.74) is 2.55. The SMILES string of the molecule is Cc1ncccc1CCC(=O)NC[C@@H]1OC[C@@H]2CCN(C(=O)c3cc[n+]([O-])cc3)C[C@@H]21. The Labute approximate surface area is 181 Å². The van der Waals surface area contributed by atoms with Gasteiger partial charge in [0.1, 0.15) is 0 Å². The molecule has 0 bridgehead atoms. The third-order valence-electron chi connectivity index (χ3n) is 6.38. The highest BCUT2D eigenvalue weighted by Crippen LogP contribution is 2.34. The average molecular weight is 425 g/mol. The first-order chi connectivity index (χ1) is 15.0. The molecule has 0 radical (unpaired) electrons. The molecular formula is C23H28N4O4. The molecule has 164 valence electrons. The van der Waals surface area contributed by atoms with Crippen LogP contribution in [-0.4, -0.2) is 54.0 Å². The number of likely N-dealkylation sites (tertiary alicyclic amines) is 1. The van der Waals surface area contributed by atoms with Gasteiger partial charge in [0.05, 0.1) is 18.3 Å². The van der Waals surface area contributed by atoms with Crippen LogP contribution >= 0.6 is 0 Å². The molecule has 2 aliphatic heterocycles. The first kappa shape index (κ1) is 21.2. The summed E-state index contributed by atoms with van der Waals surface area (Å²) in [4.78, 5) is 31.3. The molecule has 2 aromatic rings. The van der Waals surface area contributed by atoms with Crippen molar-refractivity contribution in [3.8, 4) is 0 Å². The van der Waals surface area contributed by atoms with Crippen molar-refractivity contribution in [3.05, 3.63) is 64.9 Å². The molecule has 31 heavy (non-hydrogen) atoms. The lowest BCUT2D eigenvalue weighted by molar-refractivity contribution is -0.605. The topological polar surface area (TPSA) is 98.5 Å². The number of amides is 2. The number of fused-ring (bicyclic) bond motifs is 1. The minimum atomic E-state index is -0.0933. The Morgan fingerprint density at radius 2 is 2.13 bits per heavy atom.